The number of pyridine rings is 1. The molecule has 0 radical (unpaired) electrons. The van der Waals surface area contributed by atoms with E-state index in [0.717, 1.165) is 49.4 Å². The number of azo groups is 1. The van der Waals surface area contributed by atoms with Crippen molar-refractivity contribution in [1.29, 1.82) is 5.26 Å². The highest BCUT2D eigenvalue weighted by Crippen LogP contribution is 2.42. The number of hydrogen-bond acceptors (Lipinski definition) is 9. The highest BCUT2D eigenvalue weighted by molar-refractivity contribution is 7.22. The van der Waals surface area contributed by atoms with Crippen LogP contribution in [0.3, 0.4) is 0 Å². The Balaban J connectivity index is 1.67. The predicted molar refractivity (Wildman–Crippen MR) is 201 cm³/mol. The predicted octanol–water partition coefficient (Wildman–Crippen LogP) is 10.8. The monoisotopic (exact) mass is 658 g/mol. The number of nitrogens with one attached hydrogen (secondary N) is 2. The molecule has 0 saturated heterocycles. The third-order valence-corrected chi connectivity index (χ3v) is 9.64. The Morgan fingerprint density at radius 3 is 2.27 bits per heavy atom. The lowest BCUT2D eigenvalue weighted by atomic mass is 10.0. The van der Waals surface area contributed by atoms with Crippen LogP contribution in [0, 0.1) is 44.9 Å². The molecule has 0 bridgehead atoms. The zero-order chi connectivity index (χ0) is 34.9. The summed E-state index contributed by atoms with van der Waals surface area (Å²) in [6, 6.07) is 16.7. The van der Waals surface area contributed by atoms with Crippen molar-refractivity contribution in [3.8, 4) is 6.07 Å². The number of rotatable bonds is 9. The first kappa shape index (κ1) is 34.4. The molecule has 1 aliphatic heterocycles. The molecule has 0 amide bonds. The smallest absolute Gasteiger partial charge is 0.320 e. The van der Waals surface area contributed by atoms with E-state index in [2.05, 4.69) is 76.5 Å². The summed E-state index contributed by atoms with van der Waals surface area (Å²) in [4.78, 5) is 9.98. The molecule has 1 aliphatic rings. The van der Waals surface area contributed by atoms with Gasteiger partial charge in [-0.3, -0.25) is 0 Å². The van der Waals surface area contributed by atoms with Gasteiger partial charge in [-0.15, -0.1) is 5.11 Å². The van der Waals surface area contributed by atoms with Crippen molar-refractivity contribution in [2.24, 2.45) is 21.2 Å². The Kier molecular flexibility index (Phi) is 9.76. The van der Waals surface area contributed by atoms with Gasteiger partial charge < -0.3 is 10.6 Å². The first-order chi connectivity index (χ1) is 22.8. The van der Waals surface area contributed by atoms with Crippen LogP contribution in [0.15, 0.2) is 92.1 Å². The number of aromatic nitrogens is 2. The molecule has 0 fully saturated rings. The quantitative estimate of drug-likeness (QED) is 0.106. The maximum absolute atomic E-state index is 10.4. The van der Waals surface area contributed by atoms with Crippen molar-refractivity contribution in [2.45, 2.75) is 69.2 Å². The minimum atomic E-state index is -0.100. The SMILES string of the molecule is CC=C(C)C(Nc1nc(Nc2c(C)cc(C)cc2C)cc(C)c1N=NC1=C(C#N)C(C(C)C)=N[N+]1(C)c1nc2ccccc2s1)=C(C)C. The van der Waals surface area contributed by atoms with Gasteiger partial charge >= 0.3 is 5.13 Å². The molecule has 246 valence electrons. The van der Waals surface area contributed by atoms with Gasteiger partial charge in [-0.25, -0.2) is 4.98 Å². The van der Waals surface area contributed by atoms with Crippen LogP contribution in [0.4, 0.5) is 28.1 Å². The number of allylic oxidation sites excluding steroid dienone is 4. The number of nitriles is 1. The molecule has 1 atom stereocenters. The lowest BCUT2D eigenvalue weighted by Crippen LogP contribution is -2.35. The van der Waals surface area contributed by atoms with Gasteiger partial charge in [-0.05, 0) is 95.9 Å². The van der Waals surface area contributed by atoms with Crippen LogP contribution in [-0.4, -0.2) is 22.7 Å². The largest absolute Gasteiger partial charge is 0.340 e. The molecule has 3 heterocycles. The number of para-hydroxylation sites is 1. The van der Waals surface area contributed by atoms with Crippen LogP contribution >= 0.6 is 11.3 Å². The van der Waals surface area contributed by atoms with Gasteiger partial charge in [0.05, 0.1) is 10.2 Å². The maximum Gasteiger partial charge on any atom is 0.320 e. The van der Waals surface area contributed by atoms with Gasteiger partial charge in [0.15, 0.2) is 11.4 Å². The Morgan fingerprint density at radius 1 is 0.979 bits per heavy atom. The Bertz CT molecular complexity index is 2060. The average molecular weight is 659 g/mol. The first-order valence-corrected chi connectivity index (χ1v) is 16.9. The van der Waals surface area contributed by atoms with E-state index in [1.54, 1.807) is 0 Å². The molecular formula is C38H44N9S+. The van der Waals surface area contributed by atoms with E-state index in [0.29, 0.717) is 39.6 Å². The molecule has 2 aromatic carbocycles. The molecule has 5 rings (SSSR count). The van der Waals surface area contributed by atoms with Gasteiger partial charge in [0.2, 0.25) is 0 Å². The number of thiazole rings is 1. The highest BCUT2D eigenvalue weighted by Gasteiger charge is 2.46. The lowest BCUT2D eigenvalue weighted by Gasteiger charge is -2.20. The second-order valence-corrected chi connectivity index (χ2v) is 14.0. The van der Waals surface area contributed by atoms with E-state index in [4.69, 9.17) is 25.3 Å². The lowest BCUT2D eigenvalue weighted by molar-refractivity contribution is 0.431. The van der Waals surface area contributed by atoms with Gasteiger partial charge in [0.1, 0.15) is 30.3 Å². The van der Waals surface area contributed by atoms with E-state index in [9.17, 15) is 5.26 Å². The number of quaternary nitrogens is 1. The van der Waals surface area contributed by atoms with Gasteiger partial charge in [-0.2, -0.15) is 10.2 Å². The van der Waals surface area contributed by atoms with Crippen molar-refractivity contribution in [3.05, 3.63) is 99.0 Å². The van der Waals surface area contributed by atoms with Gasteiger partial charge in [-0.1, -0.05) is 81.5 Å². The molecular weight excluding hydrogens is 615 g/mol. The minimum Gasteiger partial charge on any atom is -0.340 e. The van der Waals surface area contributed by atoms with Crippen LogP contribution in [0.2, 0.25) is 0 Å². The van der Waals surface area contributed by atoms with Crippen molar-refractivity contribution in [3.63, 3.8) is 0 Å². The molecule has 2 aromatic heterocycles. The number of aryl methyl sites for hydroxylation is 4. The van der Waals surface area contributed by atoms with E-state index in [1.165, 1.54) is 16.9 Å². The van der Waals surface area contributed by atoms with Gasteiger partial charge in [0.25, 0.3) is 5.82 Å². The number of anilines is 3. The van der Waals surface area contributed by atoms with Crippen LogP contribution in [0.5, 0.6) is 0 Å². The molecule has 0 aliphatic carbocycles. The Labute approximate surface area is 287 Å². The van der Waals surface area contributed by atoms with Crippen LogP contribution in [0.25, 0.3) is 10.2 Å². The third-order valence-electron chi connectivity index (χ3n) is 8.44. The number of hydrogen-bond donors (Lipinski definition) is 2. The molecule has 1 unspecified atom stereocenters. The summed E-state index contributed by atoms with van der Waals surface area (Å²) < 4.78 is 0.939. The second kappa shape index (κ2) is 13.6. The van der Waals surface area contributed by atoms with E-state index in [-0.39, 0.29) is 10.5 Å². The first-order valence-electron chi connectivity index (χ1n) is 16.1. The number of benzene rings is 2. The van der Waals surface area contributed by atoms with Crippen molar-refractivity contribution < 1.29 is 0 Å². The number of nitrogens with zero attached hydrogens (tertiary/aromatic N) is 7. The highest BCUT2D eigenvalue weighted by atomic mass is 32.1. The summed E-state index contributed by atoms with van der Waals surface area (Å²) in [5.41, 5.74) is 11.1. The van der Waals surface area contributed by atoms with E-state index in [1.807, 2.05) is 65.1 Å². The van der Waals surface area contributed by atoms with Crippen LogP contribution < -0.4 is 15.2 Å². The van der Waals surface area contributed by atoms with Crippen molar-refractivity contribution in [2.75, 3.05) is 17.7 Å². The summed E-state index contributed by atoms with van der Waals surface area (Å²) in [5.74, 6) is 1.67. The van der Waals surface area contributed by atoms with E-state index < -0.39 is 0 Å². The maximum atomic E-state index is 10.4. The molecule has 4 aromatic rings. The Morgan fingerprint density at radius 2 is 1.67 bits per heavy atom. The summed E-state index contributed by atoms with van der Waals surface area (Å²) in [6.07, 6.45) is 2.07. The minimum absolute atomic E-state index is 0.00267. The fourth-order valence-corrected chi connectivity index (χ4v) is 6.91. The van der Waals surface area contributed by atoms with Crippen LogP contribution in [0.1, 0.15) is 63.8 Å². The Hall–Kier alpha value is -4.98. The molecule has 9 nitrogen and oxygen atoms in total. The standard InChI is InChI=1S/C38H44N9S/c1-12-24(7)32(21(2)3)43-36-35(27(10)19-31(42-36)41-34-25(8)17-23(6)18-26(34)9)44-45-37-28(20-39)33(22(4)5)46-47(37,11)38-40-29-15-13-14-16-30(29)48-38/h12-19,22H,1-11H3,(H2,41,42,43)/q+1. The third kappa shape index (κ3) is 6.57. The van der Waals surface area contributed by atoms with Crippen LogP contribution in [-0.2, 0) is 0 Å². The van der Waals surface area contributed by atoms with E-state index >= 15 is 0 Å². The summed E-state index contributed by atoms with van der Waals surface area (Å²) in [6.45, 7) is 20.6. The van der Waals surface area contributed by atoms with Crippen molar-refractivity contribution >= 4 is 55.4 Å². The molecule has 2 N–H and O–H groups in total. The zero-order valence-corrected chi connectivity index (χ0v) is 30.6. The topological polar surface area (TPSA) is 111 Å². The summed E-state index contributed by atoms with van der Waals surface area (Å²) in [5, 5.41) is 33.0. The second-order valence-electron chi connectivity index (χ2n) is 13.0. The average Bonchev–Trinajstić information content (AvgIpc) is 3.60. The van der Waals surface area contributed by atoms with Gasteiger partial charge in [0, 0.05) is 17.3 Å². The zero-order valence-electron chi connectivity index (χ0n) is 29.7. The number of fused-ring (bicyclic) bond motifs is 1. The normalized spacial score (nSPS) is 16.6. The fourth-order valence-electron chi connectivity index (χ4n) is 5.90. The molecule has 48 heavy (non-hydrogen) atoms. The molecule has 0 spiro atoms. The fraction of sp³-hybridized carbons (Fsp3) is 0.316. The summed E-state index contributed by atoms with van der Waals surface area (Å²) in [7, 11) is 1.92. The van der Waals surface area contributed by atoms with Crippen molar-refractivity contribution in [1.82, 2.24) is 14.6 Å². The molecule has 0 saturated carbocycles. The molecule has 10 heteroatoms. The summed E-state index contributed by atoms with van der Waals surface area (Å²) >= 11 is 1.54.